The number of thiophene rings is 1. The SMILES string of the molecule is Fc1ccc(-c2nccc3[nH]c(-c4n[nH]c5ccc(-c6cncc(OC7CCNCC7)c6)nc45)nc23)s1. The molecule has 6 aromatic rings. The molecule has 0 atom stereocenters. The molecule has 1 aliphatic rings. The van der Waals surface area contributed by atoms with Crippen LogP contribution < -0.4 is 10.1 Å². The zero-order valence-corrected chi connectivity index (χ0v) is 20.3. The number of piperidine rings is 1. The average Bonchev–Trinajstić information content (AvgIpc) is 3.66. The van der Waals surface area contributed by atoms with E-state index in [9.17, 15) is 4.39 Å². The lowest BCUT2D eigenvalue weighted by Gasteiger charge is -2.23. The molecule has 6 aromatic heterocycles. The number of imidazole rings is 1. The number of fused-ring (bicyclic) bond motifs is 2. The first kappa shape index (κ1) is 22.0. The molecule has 1 aliphatic heterocycles. The number of pyridine rings is 3. The number of nitrogens with zero attached hydrogens (tertiary/aromatic N) is 5. The van der Waals surface area contributed by atoms with Gasteiger partial charge in [0.1, 0.15) is 28.6 Å². The second kappa shape index (κ2) is 9.02. The quantitative estimate of drug-likeness (QED) is 0.299. The van der Waals surface area contributed by atoms with E-state index in [1.165, 1.54) is 6.07 Å². The summed E-state index contributed by atoms with van der Waals surface area (Å²) in [6.45, 7) is 1.92. The molecule has 9 nitrogen and oxygen atoms in total. The Morgan fingerprint density at radius 3 is 2.70 bits per heavy atom. The first-order valence-electron chi connectivity index (χ1n) is 12.0. The van der Waals surface area contributed by atoms with E-state index >= 15 is 0 Å². The van der Waals surface area contributed by atoms with Gasteiger partial charge < -0.3 is 15.0 Å². The van der Waals surface area contributed by atoms with Gasteiger partial charge in [-0.2, -0.15) is 9.49 Å². The maximum absolute atomic E-state index is 13.7. The molecular weight excluding hydrogens is 491 g/mol. The van der Waals surface area contributed by atoms with Crippen molar-refractivity contribution in [3.8, 4) is 39.1 Å². The predicted octanol–water partition coefficient (Wildman–Crippen LogP) is 4.96. The first-order chi connectivity index (χ1) is 18.2. The van der Waals surface area contributed by atoms with Crippen molar-refractivity contribution in [2.75, 3.05) is 13.1 Å². The van der Waals surface area contributed by atoms with Crippen molar-refractivity contribution in [1.82, 2.24) is 40.4 Å². The van der Waals surface area contributed by atoms with Gasteiger partial charge in [0.2, 0.25) is 0 Å². The second-order valence-corrected chi connectivity index (χ2v) is 9.92. The summed E-state index contributed by atoms with van der Waals surface area (Å²) in [7, 11) is 0. The van der Waals surface area contributed by atoms with Gasteiger partial charge in [0.25, 0.3) is 0 Å². The molecular formula is C26H21FN8OS. The van der Waals surface area contributed by atoms with Crippen LogP contribution in [0.2, 0.25) is 0 Å². The van der Waals surface area contributed by atoms with Crippen molar-refractivity contribution in [3.05, 3.63) is 60.1 Å². The van der Waals surface area contributed by atoms with E-state index in [4.69, 9.17) is 14.7 Å². The highest BCUT2D eigenvalue weighted by atomic mass is 32.1. The van der Waals surface area contributed by atoms with Crippen LogP contribution in [0.15, 0.2) is 55.0 Å². The van der Waals surface area contributed by atoms with Crippen LogP contribution in [0.3, 0.4) is 0 Å². The Morgan fingerprint density at radius 2 is 1.84 bits per heavy atom. The third-order valence-electron chi connectivity index (χ3n) is 6.44. The number of aromatic amines is 2. The van der Waals surface area contributed by atoms with Crippen molar-refractivity contribution in [1.29, 1.82) is 0 Å². The van der Waals surface area contributed by atoms with Crippen molar-refractivity contribution in [3.63, 3.8) is 0 Å². The minimum Gasteiger partial charge on any atom is -0.489 e. The standard InChI is InChI=1S/C26H21FN8OS/c27-21-4-3-20(37-21)24-22-18(7-10-30-24)32-26(33-22)25-23-19(34-35-25)2-1-17(31-23)14-11-16(13-29-12-14)36-15-5-8-28-9-6-15/h1-4,7,10-13,15,28H,5-6,8-9H2,(H,32,33)(H,34,35). The van der Waals surface area contributed by atoms with Crippen LogP contribution in [0, 0.1) is 5.13 Å². The zero-order valence-electron chi connectivity index (χ0n) is 19.5. The summed E-state index contributed by atoms with van der Waals surface area (Å²) in [6, 6.07) is 10.8. The molecule has 7 rings (SSSR count). The molecule has 11 heteroatoms. The summed E-state index contributed by atoms with van der Waals surface area (Å²) in [5, 5.41) is 10.6. The fraction of sp³-hybridized carbons (Fsp3) is 0.192. The van der Waals surface area contributed by atoms with Gasteiger partial charge in [0.15, 0.2) is 16.6 Å². The Labute approximate surface area is 214 Å². The maximum atomic E-state index is 13.7. The molecule has 0 radical (unpaired) electrons. The summed E-state index contributed by atoms with van der Waals surface area (Å²) >= 11 is 1.04. The van der Waals surface area contributed by atoms with Crippen LogP contribution in [0.1, 0.15) is 12.8 Å². The van der Waals surface area contributed by atoms with Crippen molar-refractivity contribution < 1.29 is 9.13 Å². The Balaban J connectivity index is 1.26. The van der Waals surface area contributed by atoms with E-state index < -0.39 is 0 Å². The number of hydrogen-bond acceptors (Lipinski definition) is 8. The van der Waals surface area contributed by atoms with Crippen molar-refractivity contribution in [2.45, 2.75) is 18.9 Å². The van der Waals surface area contributed by atoms with Gasteiger partial charge in [-0.05, 0) is 62.3 Å². The van der Waals surface area contributed by atoms with Crippen LogP contribution >= 0.6 is 11.3 Å². The number of rotatable bonds is 5. The molecule has 0 saturated carbocycles. The highest BCUT2D eigenvalue weighted by Gasteiger charge is 2.19. The van der Waals surface area contributed by atoms with Crippen molar-refractivity contribution in [2.24, 2.45) is 0 Å². The fourth-order valence-corrected chi connectivity index (χ4v) is 5.35. The minimum atomic E-state index is -0.265. The van der Waals surface area contributed by atoms with Gasteiger partial charge in [0.05, 0.1) is 27.8 Å². The van der Waals surface area contributed by atoms with Gasteiger partial charge in [-0.1, -0.05) is 0 Å². The third kappa shape index (κ3) is 4.11. The van der Waals surface area contributed by atoms with Gasteiger partial charge >= 0.3 is 0 Å². The van der Waals surface area contributed by atoms with Crippen molar-refractivity contribution >= 4 is 33.4 Å². The summed E-state index contributed by atoms with van der Waals surface area (Å²) < 4.78 is 19.8. The molecule has 0 spiro atoms. The lowest BCUT2D eigenvalue weighted by molar-refractivity contribution is 0.162. The van der Waals surface area contributed by atoms with E-state index in [1.54, 1.807) is 24.7 Å². The Morgan fingerprint density at radius 1 is 0.946 bits per heavy atom. The number of ether oxygens (including phenoxy) is 1. The summed E-state index contributed by atoms with van der Waals surface area (Å²) in [5.74, 6) is 1.29. The largest absolute Gasteiger partial charge is 0.489 e. The van der Waals surface area contributed by atoms with Gasteiger partial charge in [-0.25, -0.2) is 9.97 Å². The molecule has 1 fully saturated rings. The molecule has 0 amide bonds. The number of nitrogens with one attached hydrogen (secondary N) is 3. The summed E-state index contributed by atoms with van der Waals surface area (Å²) in [4.78, 5) is 22.6. The van der Waals surface area contributed by atoms with Crippen LogP contribution in [0.4, 0.5) is 4.39 Å². The fourth-order valence-electron chi connectivity index (χ4n) is 4.62. The molecule has 0 unspecified atom stereocenters. The molecule has 0 aliphatic carbocycles. The van der Waals surface area contributed by atoms with E-state index in [1.807, 2.05) is 24.3 Å². The predicted molar refractivity (Wildman–Crippen MR) is 140 cm³/mol. The van der Waals surface area contributed by atoms with Crippen LogP contribution in [0.25, 0.3) is 55.4 Å². The van der Waals surface area contributed by atoms with Gasteiger partial charge in [-0.3, -0.25) is 15.1 Å². The maximum Gasteiger partial charge on any atom is 0.177 e. The molecule has 3 N–H and O–H groups in total. The third-order valence-corrected chi connectivity index (χ3v) is 7.32. The number of H-pyrrole nitrogens is 2. The number of aromatic nitrogens is 7. The highest BCUT2D eigenvalue weighted by molar-refractivity contribution is 7.13. The molecule has 37 heavy (non-hydrogen) atoms. The Hall–Kier alpha value is -4.22. The Kier molecular flexibility index (Phi) is 5.37. The smallest absolute Gasteiger partial charge is 0.177 e. The molecule has 0 aromatic carbocycles. The van der Waals surface area contributed by atoms with Gasteiger partial charge in [-0.15, -0.1) is 11.3 Å². The molecule has 7 heterocycles. The van der Waals surface area contributed by atoms with E-state index in [2.05, 4.69) is 30.5 Å². The van der Waals surface area contributed by atoms with Crippen LogP contribution in [-0.2, 0) is 0 Å². The average molecular weight is 513 g/mol. The lowest BCUT2D eigenvalue weighted by atomic mass is 10.1. The minimum absolute atomic E-state index is 0.187. The Bertz CT molecular complexity index is 1740. The van der Waals surface area contributed by atoms with E-state index in [0.29, 0.717) is 33.1 Å². The number of halogens is 1. The van der Waals surface area contributed by atoms with Crippen LogP contribution in [-0.4, -0.2) is 54.3 Å². The van der Waals surface area contributed by atoms with Gasteiger partial charge in [0, 0.05) is 18.0 Å². The lowest BCUT2D eigenvalue weighted by Crippen LogP contribution is -2.34. The summed E-state index contributed by atoms with van der Waals surface area (Å²) in [6.07, 6.45) is 7.34. The highest BCUT2D eigenvalue weighted by Crippen LogP contribution is 2.33. The normalized spacial score (nSPS) is 14.5. The number of hydrogen-bond donors (Lipinski definition) is 3. The molecule has 184 valence electrons. The topological polar surface area (TPSA) is 117 Å². The molecule has 1 saturated heterocycles. The zero-order chi connectivity index (χ0) is 24.8. The van der Waals surface area contributed by atoms with Crippen LogP contribution in [0.5, 0.6) is 5.75 Å². The molecule has 0 bridgehead atoms. The summed E-state index contributed by atoms with van der Waals surface area (Å²) in [5.41, 5.74) is 5.73. The first-order valence-corrected chi connectivity index (χ1v) is 12.8. The second-order valence-electron chi connectivity index (χ2n) is 8.89. The monoisotopic (exact) mass is 512 g/mol. The van der Waals surface area contributed by atoms with E-state index in [0.717, 1.165) is 65.3 Å². The van der Waals surface area contributed by atoms with E-state index in [-0.39, 0.29) is 11.2 Å².